The van der Waals surface area contributed by atoms with Crippen molar-refractivity contribution >= 4 is 17.7 Å². The molecule has 2 N–H and O–H groups in total. The standard InChI is InChI=1S/C20H24N2O4/c1-6-26-20(25)15-13(5)22-17(18(23)19(24)21-11(2)3)16(15)14-9-7-12(4)8-10-14/h7-11,22H,6H2,1-5H3,(H,21,24). The van der Waals surface area contributed by atoms with E-state index in [1.165, 1.54) is 0 Å². The van der Waals surface area contributed by atoms with Crippen molar-refractivity contribution in [3.05, 3.63) is 46.8 Å². The van der Waals surface area contributed by atoms with E-state index >= 15 is 0 Å². The molecule has 0 radical (unpaired) electrons. The van der Waals surface area contributed by atoms with E-state index in [0.29, 0.717) is 16.8 Å². The molecule has 6 heteroatoms. The highest BCUT2D eigenvalue weighted by Crippen LogP contribution is 2.31. The number of amides is 1. The average molecular weight is 356 g/mol. The maximum atomic E-state index is 12.7. The first kappa shape index (κ1) is 19.4. The number of carbonyl (C=O) groups excluding carboxylic acids is 3. The van der Waals surface area contributed by atoms with Gasteiger partial charge in [-0.15, -0.1) is 0 Å². The Kier molecular flexibility index (Phi) is 5.97. The zero-order valence-corrected chi connectivity index (χ0v) is 15.7. The number of esters is 1. The predicted molar refractivity (Wildman–Crippen MR) is 99.3 cm³/mol. The summed E-state index contributed by atoms with van der Waals surface area (Å²) in [5, 5.41) is 2.59. The molecule has 0 saturated heterocycles. The number of H-pyrrole nitrogens is 1. The lowest BCUT2D eigenvalue weighted by atomic mass is 9.97. The van der Waals surface area contributed by atoms with Crippen LogP contribution in [0.5, 0.6) is 0 Å². The van der Waals surface area contributed by atoms with Gasteiger partial charge in [-0.3, -0.25) is 9.59 Å². The van der Waals surface area contributed by atoms with Crippen molar-refractivity contribution in [3.8, 4) is 11.1 Å². The molecule has 0 unspecified atom stereocenters. The average Bonchev–Trinajstić information content (AvgIpc) is 2.91. The molecule has 138 valence electrons. The van der Waals surface area contributed by atoms with Crippen LogP contribution < -0.4 is 5.32 Å². The number of hydrogen-bond donors (Lipinski definition) is 2. The Morgan fingerprint density at radius 2 is 1.73 bits per heavy atom. The number of ether oxygens (including phenoxy) is 1. The molecule has 1 aromatic carbocycles. The van der Waals surface area contributed by atoms with Crippen molar-refractivity contribution in [2.75, 3.05) is 6.61 Å². The van der Waals surface area contributed by atoms with Gasteiger partial charge in [0.25, 0.3) is 11.7 Å². The van der Waals surface area contributed by atoms with Crippen LogP contribution in [0.4, 0.5) is 0 Å². The normalized spacial score (nSPS) is 10.7. The molecule has 6 nitrogen and oxygen atoms in total. The fourth-order valence-corrected chi connectivity index (χ4v) is 2.70. The minimum absolute atomic E-state index is 0.0903. The van der Waals surface area contributed by atoms with E-state index in [4.69, 9.17) is 4.74 Å². The minimum atomic E-state index is -0.718. The maximum absolute atomic E-state index is 12.7. The van der Waals surface area contributed by atoms with Gasteiger partial charge in [0.1, 0.15) is 5.69 Å². The molecule has 1 heterocycles. The molecular weight excluding hydrogens is 332 g/mol. The molecule has 0 aliphatic rings. The number of hydrogen-bond acceptors (Lipinski definition) is 4. The molecule has 26 heavy (non-hydrogen) atoms. The number of ketones is 1. The summed E-state index contributed by atoms with van der Waals surface area (Å²) in [4.78, 5) is 40.3. The summed E-state index contributed by atoms with van der Waals surface area (Å²) in [6.45, 7) is 9.11. The first-order valence-corrected chi connectivity index (χ1v) is 8.58. The number of benzene rings is 1. The van der Waals surface area contributed by atoms with Gasteiger partial charge in [0.05, 0.1) is 12.2 Å². The number of aromatic amines is 1. The number of aryl methyl sites for hydroxylation is 2. The highest BCUT2D eigenvalue weighted by Gasteiger charge is 2.29. The molecular formula is C20H24N2O4. The smallest absolute Gasteiger partial charge is 0.340 e. The third-order valence-corrected chi connectivity index (χ3v) is 3.86. The largest absolute Gasteiger partial charge is 0.462 e. The lowest BCUT2D eigenvalue weighted by molar-refractivity contribution is -0.117. The van der Waals surface area contributed by atoms with Crippen LogP contribution >= 0.6 is 0 Å². The van der Waals surface area contributed by atoms with Gasteiger partial charge in [-0.2, -0.15) is 0 Å². The van der Waals surface area contributed by atoms with Crippen molar-refractivity contribution < 1.29 is 19.1 Å². The molecule has 0 saturated carbocycles. The number of aromatic nitrogens is 1. The monoisotopic (exact) mass is 356 g/mol. The van der Waals surface area contributed by atoms with E-state index in [1.54, 1.807) is 27.7 Å². The SMILES string of the molecule is CCOC(=O)c1c(C)[nH]c(C(=O)C(=O)NC(C)C)c1-c1ccc(C)cc1. The summed E-state index contributed by atoms with van der Waals surface area (Å²) >= 11 is 0. The van der Waals surface area contributed by atoms with Crippen LogP contribution in [0.15, 0.2) is 24.3 Å². The van der Waals surface area contributed by atoms with E-state index in [1.807, 2.05) is 31.2 Å². The van der Waals surface area contributed by atoms with Gasteiger partial charge in [-0.05, 0) is 40.2 Å². The van der Waals surface area contributed by atoms with Crippen LogP contribution in [-0.4, -0.2) is 35.3 Å². The van der Waals surface area contributed by atoms with Crippen molar-refractivity contribution in [1.82, 2.24) is 10.3 Å². The second kappa shape index (κ2) is 7.99. The molecule has 2 rings (SSSR count). The van der Waals surface area contributed by atoms with Gasteiger partial charge in [0.2, 0.25) is 0 Å². The molecule has 1 amide bonds. The Balaban J connectivity index is 2.63. The van der Waals surface area contributed by atoms with E-state index in [0.717, 1.165) is 5.56 Å². The minimum Gasteiger partial charge on any atom is -0.462 e. The summed E-state index contributed by atoms with van der Waals surface area (Å²) in [5.41, 5.74) is 2.96. The van der Waals surface area contributed by atoms with E-state index in [2.05, 4.69) is 10.3 Å². The van der Waals surface area contributed by atoms with Crippen LogP contribution in [0.2, 0.25) is 0 Å². The molecule has 2 aromatic rings. The van der Waals surface area contributed by atoms with Gasteiger partial charge in [-0.1, -0.05) is 29.8 Å². The summed E-state index contributed by atoms with van der Waals surface area (Å²) in [7, 11) is 0. The zero-order valence-electron chi connectivity index (χ0n) is 15.7. The zero-order chi connectivity index (χ0) is 19.4. The quantitative estimate of drug-likeness (QED) is 0.473. The number of nitrogens with one attached hydrogen (secondary N) is 2. The molecule has 1 aromatic heterocycles. The number of carbonyl (C=O) groups is 3. The molecule has 0 fully saturated rings. The molecule has 0 spiro atoms. The second-order valence-corrected chi connectivity index (χ2v) is 6.42. The summed E-state index contributed by atoms with van der Waals surface area (Å²) in [5.74, 6) is -1.96. The first-order valence-electron chi connectivity index (χ1n) is 8.58. The predicted octanol–water partition coefficient (Wildman–Crippen LogP) is 3.18. The van der Waals surface area contributed by atoms with Crippen LogP contribution in [0.3, 0.4) is 0 Å². The van der Waals surface area contributed by atoms with Crippen molar-refractivity contribution in [1.29, 1.82) is 0 Å². The maximum Gasteiger partial charge on any atom is 0.340 e. The fourth-order valence-electron chi connectivity index (χ4n) is 2.70. The second-order valence-electron chi connectivity index (χ2n) is 6.42. The first-order chi connectivity index (χ1) is 12.3. The Hall–Kier alpha value is -2.89. The Bertz CT molecular complexity index is 832. The summed E-state index contributed by atoms with van der Waals surface area (Å²) in [6.07, 6.45) is 0. The Morgan fingerprint density at radius 1 is 1.12 bits per heavy atom. The van der Waals surface area contributed by atoms with Crippen LogP contribution in [0.25, 0.3) is 11.1 Å². The van der Waals surface area contributed by atoms with Gasteiger partial charge in [-0.25, -0.2) is 4.79 Å². The van der Waals surface area contributed by atoms with E-state index in [9.17, 15) is 14.4 Å². The summed E-state index contributed by atoms with van der Waals surface area (Å²) in [6, 6.07) is 7.23. The lowest BCUT2D eigenvalue weighted by Gasteiger charge is -2.10. The number of Topliss-reactive ketones (excluding diaryl/α,β-unsaturated/α-hetero) is 1. The van der Waals surface area contributed by atoms with Crippen LogP contribution in [0, 0.1) is 13.8 Å². The number of rotatable bonds is 6. The van der Waals surface area contributed by atoms with Crippen LogP contribution in [-0.2, 0) is 9.53 Å². The molecule has 0 aliphatic heterocycles. The summed E-state index contributed by atoms with van der Waals surface area (Å²) < 4.78 is 5.14. The van der Waals surface area contributed by atoms with E-state index < -0.39 is 17.7 Å². The molecule has 0 atom stereocenters. The fraction of sp³-hybridized carbons (Fsp3) is 0.350. The molecule has 0 aliphatic carbocycles. The highest BCUT2D eigenvalue weighted by atomic mass is 16.5. The highest BCUT2D eigenvalue weighted by molar-refractivity contribution is 6.44. The van der Waals surface area contributed by atoms with Gasteiger partial charge < -0.3 is 15.0 Å². The lowest BCUT2D eigenvalue weighted by Crippen LogP contribution is -2.36. The van der Waals surface area contributed by atoms with Gasteiger partial charge in [0.15, 0.2) is 0 Å². The third kappa shape index (κ3) is 4.02. The van der Waals surface area contributed by atoms with Crippen molar-refractivity contribution in [3.63, 3.8) is 0 Å². The Labute approximate surface area is 152 Å². The third-order valence-electron chi connectivity index (χ3n) is 3.86. The van der Waals surface area contributed by atoms with Crippen molar-refractivity contribution in [2.45, 2.75) is 40.7 Å². The Morgan fingerprint density at radius 3 is 2.27 bits per heavy atom. The van der Waals surface area contributed by atoms with Gasteiger partial charge in [0, 0.05) is 17.3 Å². The molecule has 0 bridgehead atoms. The van der Waals surface area contributed by atoms with Gasteiger partial charge >= 0.3 is 5.97 Å². The van der Waals surface area contributed by atoms with Crippen LogP contribution in [0.1, 0.15) is 52.9 Å². The van der Waals surface area contributed by atoms with Crippen molar-refractivity contribution in [2.24, 2.45) is 0 Å². The topological polar surface area (TPSA) is 88.3 Å². The van der Waals surface area contributed by atoms with E-state index in [-0.39, 0.29) is 23.9 Å².